The van der Waals surface area contributed by atoms with Crippen LogP contribution in [0.1, 0.15) is 53.9 Å². The van der Waals surface area contributed by atoms with Crippen LogP contribution in [0.15, 0.2) is 0 Å². The number of aliphatic hydroxyl groups is 1. The lowest BCUT2D eigenvalue weighted by molar-refractivity contribution is 0.00481. The largest absolute Gasteiger partial charge is 0.444 e. The highest BCUT2D eigenvalue weighted by atomic mass is 16.6. The summed E-state index contributed by atoms with van der Waals surface area (Å²) in [6, 6.07) is 0.0844. The first kappa shape index (κ1) is 19.5. The number of carbonyl (C=O) groups is 1. The minimum Gasteiger partial charge on any atom is -0.444 e. The summed E-state index contributed by atoms with van der Waals surface area (Å²) in [5.41, 5.74) is -0.704. The molecule has 2 N–H and O–H groups in total. The van der Waals surface area contributed by atoms with Gasteiger partial charge in [0.1, 0.15) is 5.60 Å². The SMILES string of the molecule is CC1(C)CC(CNC2(CO)CCOCC2)N(C(=O)OC(C)(C)C)C1. The monoisotopic (exact) mass is 342 g/mol. The molecule has 0 saturated carbocycles. The van der Waals surface area contributed by atoms with Crippen LogP contribution in [0.4, 0.5) is 4.79 Å². The zero-order chi connectivity index (χ0) is 18.0. The topological polar surface area (TPSA) is 71.0 Å². The van der Waals surface area contributed by atoms with E-state index in [-0.39, 0.29) is 29.7 Å². The number of hydrogen-bond acceptors (Lipinski definition) is 5. The van der Waals surface area contributed by atoms with Gasteiger partial charge in [-0.15, -0.1) is 0 Å². The maximum atomic E-state index is 12.6. The van der Waals surface area contributed by atoms with E-state index < -0.39 is 5.60 Å². The summed E-state index contributed by atoms with van der Waals surface area (Å²) in [5.74, 6) is 0. The summed E-state index contributed by atoms with van der Waals surface area (Å²) >= 11 is 0. The molecule has 24 heavy (non-hydrogen) atoms. The standard InChI is InChI=1S/C18H34N2O4/c1-16(2,3)24-15(22)20-12-17(4,5)10-14(20)11-19-18(13-21)6-8-23-9-7-18/h14,19,21H,6-13H2,1-5H3. The molecule has 6 heteroatoms. The summed E-state index contributed by atoms with van der Waals surface area (Å²) in [5, 5.41) is 13.4. The van der Waals surface area contributed by atoms with E-state index in [1.165, 1.54) is 0 Å². The Kier molecular flexibility index (Phi) is 5.83. The fourth-order valence-electron chi connectivity index (χ4n) is 3.61. The second-order valence-electron chi connectivity index (χ2n) is 9.06. The molecule has 0 aromatic carbocycles. The summed E-state index contributed by atoms with van der Waals surface area (Å²) in [6.45, 7) is 12.8. The van der Waals surface area contributed by atoms with Gasteiger partial charge in [-0.1, -0.05) is 13.8 Å². The summed E-state index contributed by atoms with van der Waals surface area (Å²) in [4.78, 5) is 14.4. The molecular weight excluding hydrogens is 308 g/mol. The molecule has 2 saturated heterocycles. The van der Waals surface area contributed by atoms with Crippen LogP contribution >= 0.6 is 0 Å². The minimum atomic E-state index is -0.491. The molecule has 1 amide bonds. The number of ether oxygens (including phenoxy) is 2. The van der Waals surface area contributed by atoms with Crippen molar-refractivity contribution in [3.05, 3.63) is 0 Å². The second kappa shape index (κ2) is 7.18. The number of carbonyl (C=O) groups excluding carboxylic acids is 1. The maximum absolute atomic E-state index is 12.6. The molecule has 140 valence electrons. The van der Waals surface area contributed by atoms with Gasteiger partial charge in [-0.25, -0.2) is 4.79 Å². The van der Waals surface area contributed by atoms with Crippen molar-refractivity contribution < 1.29 is 19.4 Å². The van der Waals surface area contributed by atoms with E-state index in [2.05, 4.69) is 19.2 Å². The molecule has 0 radical (unpaired) electrons. The van der Waals surface area contributed by atoms with Crippen molar-refractivity contribution in [3.8, 4) is 0 Å². The van der Waals surface area contributed by atoms with Gasteiger partial charge in [0, 0.05) is 37.9 Å². The molecule has 6 nitrogen and oxygen atoms in total. The first-order valence-electron chi connectivity index (χ1n) is 8.99. The predicted molar refractivity (Wildman–Crippen MR) is 93.0 cm³/mol. The van der Waals surface area contributed by atoms with Crippen LogP contribution in [-0.2, 0) is 9.47 Å². The lowest BCUT2D eigenvalue weighted by atomic mass is 9.88. The van der Waals surface area contributed by atoms with Gasteiger partial charge in [0.05, 0.1) is 6.61 Å². The Hall–Kier alpha value is -0.850. The highest BCUT2D eigenvalue weighted by molar-refractivity contribution is 5.69. The molecule has 2 aliphatic heterocycles. The molecule has 0 aromatic heterocycles. The van der Waals surface area contributed by atoms with E-state index in [9.17, 15) is 9.90 Å². The molecule has 0 aliphatic carbocycles. The number of rotatable bonds is 4. The predicted octanol–water partition coefficient (Wildman–Crippen LogP) is 2.15. The zero-order valence-corrected chi connectivity index (χ0v) is 15.9. The average molecular weight is 342 g/mol. The Balaban J connectivity index is 2.01. The molecule has 2 fully saturated rings. The van der Waals surface area contributed by atoms with Gasteiger partial charge >= 0.3 is 6.09 Å². The Bertz CT molecular complexity index is 439. The third kappa shape index (κ3) is 5.07. The quantitative estimate of drug-likeness (QED) is 0.819. The van der Waals surface area contributed by atoms with Crippen LogP contribution in [0.5, 0.6) is 0 Å². The average Bonchev–Trinajstić information content (AvgIpc) is 2.80. The van der Waals surface area contributed by atoms with Crippen LogP contribution in [0.25, 0.3) is 0 Å². The smallest absolute Gasteiger partial charge is 0.410 e. The maximum Gasteiger partial charge on any atom is 0.410 e. The molecule has 0 aromatic rings. The van der Waals surface area contributed by atoms with Crippen molar-refractivity contribution in [3.63, 3.8) is 0 Å². The van der Waals surface area contributed by atoms with E-state index in [4.69, 9.17) is 9.47 Å². The Morgan fingerprint density at radius 3 is 2.50 bits per heavy atom. The number of hydrogen-bond donors (Lipinski definition) is 2. The van der Waals surface area contributed by atoms with Gasteiger partial charge in [-0.3, -0.25) is 0 Å². The lowest BCUT2D eigenvalue weighted by Gasteiger charge is -2.38. The molecule has 1 unspecified atom stereocenters. The Morgan fingerprint density at radius 2 is 1.96 bits per heavy atom. The summed E-state index contributed by atoms with van der Waals surface area (Å²) in [7, 11) is 0. The van der Waals surface area contributed by atoms with Gasteiger partial charge in [-0.05, 0) is 45.4 Å². The normalized spacial score (nSPS) is 26.4. The number of nitrogens with zero attached hydrogens (tertiary/aromatic N) is 1. The van der Waals surface area contributed by atoms with Crippen molar-refractivity contribution in [1.29, 1.82) is 0 Å². The molecule has 0 bridgehead atoms. The minimum absolute atomic E-state index is 0.0747. The highest BCUT2D eigenvalue weighted by Crippen LogP contribution is 2.35. The van der Waals surface area contributed by atoms with E-state index in [0.717, 1.165) is 19.3 Å². The fourth-order valence-corrected chi connectivity index (χ4v) is 3.61. The van der Waals surface area contributed by atoms with E-state index in [1.807, 2.05) is 25.7 Å². The van der Waals surface area contributed by atoms with Crippen LogP contribution in [0.3, 0.4) is 0 Å². The summed E-state index contributed by atoms with van der Waals surface area (Å²) in [6.07, 6.45) is 2.28. The lowest BCUT2D eigenvalue weighted by Crippen LogP contribution is -2.56. The molecule has 0 spiro atoms. The van der Waals surface area contributed by atoms with Crippen LogP contribution in [0, 0.1) is 5.41 Å². The van der Waals surface area contributed by atoms with Crippen LogP contribution < -0.4 is 5.32 Å². The van der Waals surface area contributed by atoms with Gasteiger partial charge < -0.3 is 24.8 Å². The van der Waals surface area contributed by atoms with Crippen molar-refractivity contribution in [1.82, 2.24) is 10.2 Å². The van der Waals surface area contributed by atoms with Crippen molar-refractivity contribution >= 4 is 6.09 Å². The number of amides is 1. The number of likely N-dealkylation sites (tertiary alicyclic amines) is 1. The van der Waals surface area contributed by atoms with Gasteiger partial charge in [0.25, 0.3) is 0 Å². The zero-order valence-electron chi connectivity index (χ0n) is 15.9. The Morgan fingerprint density at radius 1 is 1.33 bits per heavy atom. The molecular formula is C18H34N2O4. The molecule has 2 heterocycles. The van der Waals surface area contributed by atoms with Crippen LogP contribution in [0.2, 0.25) is 0 Å². The number of nitrogens with one attached hydrogen (secondary N) is 1. The van der Waals surface area contributed by atoms with Crippen molar-refractivity contribution in [2.24, 2.45) is 5.41 Å². The van der Waals surface area contributed by atoms with Crippen molar-refractivity contribution in [2.45, 2.75) is 71.1 Å². The van der Waals surface area contributed by atoms with E-state index >= 15 is 0 Å². The third-order valence-electron chi connectivity index (χ3n) is 4.92. The number of aliphatic hydroxyl groups excluding tert-OH is 1. The molecule has 2 rings (SSSR count). The highest BCUT2D eigenvalue weighted by Gasteiger charge is 2.43. The van der Waals surface area contributed by atoms with E-state index in [0.29, 0.717) is 26.3 Å². The third-order valence-corrected chi connectivity index (χ3v) is 4.92. The first-order chi connectivity index (χ1) is 11.1. The van der Waals surface area contributed by atoms with Gasteiger partial charge in [0.2, 0.25) is 0 Å². The van der Waals surface area contributed by atoms with Gasteiger partial charge in [0.15, 0.2) is 0 Å². The molecule has 1 atom stereocenters. The Labute approximate surface area is 145 Å². The second-order valence-corrected chi connectivity index (χ2v) is 9.06. The first-order valence-corrected chi connectivity index (χ1v) is 8.99. The molecule has 2 aliphatic rings. The van der Waals surface area contributed by atoms with Gasteiger partial charge in [-0.2, -0.15) is 0 Å². The summed E-state index contributed by atoms with van der Waals surface area (Å²) < 4.78 is 11.0. The fraction of sp³-hybridized carbons (Fsp3) is 0.944. The van der Waals surface area contributed by atoms with Crippen LogP contribution in [-0.4, -0.2) is 66.2 Å². The van der Waals surface area contributed by atoms with Crippen molar-refractivity contribution in [2.75, 3.05) is 32.9 Å². The van der Waals surface area contributed by atoms with E-state index in [1.54, 1.807) is 0 Å².